The van der Waals surface area contributed by atoms with Gasteiger partial charge in [0.25, 0.3) is 0 Å². The van der Waals surface area contributed by atoms with Crippen molar-refractivity contribution >= 4 is 22.2 Å². The molecule has 0 saturated carbocycles. The summed E-state index contributed by atoms with van der Waals surface area (Å²) < 4.78 is 5.37. The molecule has 2 N–H and O–H groups in total. The van der Waals surface area contributed by atoms with Crippen LogP contribution >= 0.6 is 0 Å². The fraction of sp³-hybridized carbons (Fsp3) is 0.0556. The molecule has 0 heterocycles. The van der Waals surface area contributed by atoms with Crippen LogP contribution in [0.3, 0.4) is 0 Å². The maximum atomic E-state index is 12.9. The van der Waals surface area contributed by atoms with Crippen molar-refractivity contribution in [2.45, 2.75) is 0 Å². The van der Waals surface area contributed by atoms with Gasteiger partial charge in [-0.2, -0.15) is 0 Å². The Morgan fingerprint density at radius 1 is 1.00 bits per heavy atom. The fourth-order valence-electron chi connectivity index (χ4n) is 2.48. The van der Waals surface area contributed by atoms with Crippen LogP contribution in [0.15, 0.2) is 60.7 Å². The van der Waals surface area contributed by atoms with Crippen LogP contribution in [-0.2, 0) is 0 Å². The Balaban J connectivity index is 2.25. The minimum absolute atomic E-state index is 0.0871. The van der Waals surface area contributed by atoms with Crippen LogP contribution in [0, 0.1) is 0 Å². The van der Waals surface area contributed by atoms with Crippen molar-refractivity contribution < 1.29 is 9.53 Å². The van der Waals surface area contributed by atoms with E-state index in [4.69, 9.17) is 10.5 Å². The number of fused-ring (bicyclic) bond motifs is 1. The molecule has 0 fully saturated rings. The number of ether oxygens (including phenoxy) is 1. The van der Waals surface area contributed by atoms with Crippen molar-refractivity contribution in [1.82, 2.24) is 0 Å². The van der Waals surface area contributed by atoms with Gasteiger partial charge in [0, 0.05) is 11.3 Å². The van der Waals surface area contributed by atoms with Gasteiger partial charge in [-0.05, 0) is 29.0 Å². The van der Waals surface area contributed by atoms with Gasteiger partial charge in [-0.1, -0.05) is 42.5 Å². The summed E-state index contributed by atoms with van der Waals surface area (Å²) in [5.41, 5.74) is 7.47. The molecule has 3 nitrogen and oxygen atoms in total. The lowest BCUT2D eigenvalue weighted by Crippen LogP contribution is -2.05. The van der Waals surface area contributed by atoms with Gasteiger partial charge >= 0.3 is 0 Å². The summed E-state index contributed by atoms with van der Waals surface area (Å²) in [5.74, 6) is 0.483. The second kappa shape index (κ2) is 5.29. The third kappa shape index (κ3) is 2.34. The number of methoxy groups -OCH3 is 1. The van der Waals surface area contributed by atoms with Gasteiger partial charge < -0.3 is 10.5 Å². The largest absolute Gasteiger partial charge is 0.496 e. The third-order valence-electron chi connectivity index (χ3n) is 3.49. The lowest BCUT2D eigenvalue weighted by Gasteiger charge is -2.11. The summed E-state index contributed by atoms with van der Waals surface area (Å²) in [4.78, 5) is 12.9. The molecule has 0 amide bonds. The smallest absolute Gasteiger partial charge is 0.197 e. The average Bonchev–Trinajstić information content (AvgIpc) is 2.53. The maximum Gasteiger partial charge on any atom is 0.197 e. The van der Waals surface area contributed by atoms with Gasteiger partial charge in [0.1, 0.15) is 5.75 Å². The molecule has 21 heavy (non-hydrogen) atoms. The van der Waals surface area contributed by atoms with E-state index < -0.39 is 0 Å². The Labute approximate surface area is 123 Å². The van der Waals surface area contributed by atoms with Crippen LogP contribution in [0.5, 0.6) is 5.75 Å². The lowest BCUT2D eigenvalue weighted by molar-refractivity contribution is 0.103. The fourth-order valence-corrected chi connectivity index (χ4v) is 2.48. The predicted octanol–water partition coefficient (Wildman–Crippen LogP) is 3.66. The van der Waals surface area contributed by atoms with Crippen molar-refractivity contribution in [1.29, 1.82) is 0 Å². The van der Waals surface area contributed by atoms with Gasteiger partial charge in [0.05, 0.1) is 12.7 Å². The number of carbonyl (C=O) groups excluding carboxylic acids is 1. The number of carbonyl (C=O) groups is 1. The first kappa shape index (κ1) is 13.2. The van der Waals surface area contributed by atoms with Crippen LogP contribution in [0.4, 0.5) is 5.69 Å². The van der Waals surface area contributed by atoms with E-state index in [-0.39, 0.29) is 5.78 Å². The summed E-state index contributed by atoms with van der Waals surface area (Å²) in [6.07, 6.45) is 0. The zero-order chi connectivity index (χ0) is 14.8. The number of ketones is 1. The van der Waals surface area contributed by atoms with E-state index in [9.17, 15) is 4.79 Å². The zero-order valence-electron chi connectivity index (χ0n) is 11.7. The van der Waals surface area contributed by atoms with E-state index in [0.29, 0.717) is 22.6 Å². The first-order valence-corrected chi connectivity index (χ1v) is 6.66. The van der Waals surface area contributed by atoms with Gasteiger partial charge in [-0.15, -0.1) is 0 Å². The molecule has 3 heteroatoms. The second-order valence-electron chi connectivity index (χ2n) is 4.82. The maximum absolute atomic E-state index is 12.9. The summed E-state index contributed by atoms with van der Waals surface area (Å²) in [6.45, 7) is 0. The molecule has 0 aliphatic heterocycles. The first-order chi connectivity index (χ1) is 10.2. The van der Waals surface area contributed by atoms with Gasteiger partial charge in [0.2, 0.25) is 0 Å². The summed E-state index contributed by atoms with van der Waals surface area (Å²) in [6, 6.07) is 18.5. The molecular formula is C18H15NO2. The Morgan fingerprint density at radius 2 is 1.81 bits per heavy atom. The molecule has 0 spiro atoms. The Hall–Kier alpha value is -2.81. The molecule has 0 atom stereocenters. The number of hydrogen-bond donors (Lipinski definition) is 1. The lowest BCUT2D eigenvalue weighted by atomic mass is 9.96. The van der Waals surface area contributed by atoms with Gasteiger partial charge in [0.15, 0.2) is 5.78 Å². The molecule has 0 saturated heterocycles. The number of anilines is 1. The molecule has 0 radical (unpaired) electrons. The number of hydrogen-bond acceptors (Lipinski definition) is 3. The van der Waals surface area contributed by atoms with Crippen molar-refractivity contribution in [3.8, 4) is 5.75 Å². The SMILES string of the molecule is COc1ccc2ccccc2c1C(=O)c1cccc(N)c1. The normalized spacial score (nSPS) is 10.5. The molecule has 0 aliphatic carbocycles. The highest BCUT2D eigenvalue weighted by atomic mass is 16.5. The van der Waals surface area contributed by atoms with E-state index in [1.54, 1.807) is 31.4 Å². The predicted molar refractivity (Wildman–Crippen MR) is 84.8 cm³/mol. The summed E-state index contributed by atoms with van der Waals surface area (Å²) >= 11 is 0. The van der Waals surface area contributed by atoms with Crippen LogP contribution < -0.4 is 10.5 Å². The van der Waals surface area contributed by atoms with E-state index in [1.807, 2.05) is 36.4 Å². The molecule has 3 aromatic rings. The number of benzene rings is 3. The molecule has 0 bridgehead atoms. The van der Waals surface area contributed by atoms with Crippen molar-refractivity contribution in [3.63, 3.8) is 0 Å². The van der Waals surface area contributed by atoms with Crippen molar-refractivity contribution in [2.24, 2.45) is 0 Å². The minimum Gasteiger partial charge on any atom is -0.496 e. The van der Waals surface area contributed by atoms with Crippen LogP contribution in [0.1, 0.15) is 15.9 Å². The van der Waals surface area contributed by atoms with Crippen molar-refractivity contribution in [3.05, 3.63) is 71.8 Å². The minimum atomic E-state index is -0.0871. The standard InChI is InChI=1S/C18H15NO2/c1-21-16-10-9-12-5-2-3-8-15(12)17(16)18(20)13-6-4-7-14(19)11-13/h2-11H,19H2,1H3. The highest BCUT2D eigenvalue weighted by Crippen LogP contribution is 2.30. The van der Waals surface area contributed by atoms with E-state index >= 15 is 0 Å². The zero-order valence-corrected chi connectivity index (χ0v) is 11.7. The molecule has 104 valence electrons. The average molecular weight is 277 g/mol. The van der Waals surface area contributed by atoms with Crippen LogP contribution in [0.25, 0.3) is 10.8 Å². The topological polar surface area (TPSA) is 52.3 Å². The number of rotatable bonds is 3. The number of nitrogen functional groups attached to an aromatic ring is 1. The molecule has 3 rings (SSSR count). The Bertz CT molecular complexity index is 824. The quantitative estimate of drug-likeness (QED) is 0.587. The molecular weight excluding hydrogens is 262 g/mol. The monoisotopic (exact) mass is 277 g/mol. The summed E-state index contributed by atoms with van der Waals surface area (Å²) in [7, 11) is 1.57. The molecule has 0 unspecified atom stereocenters. The Kier molecular flexibility index (Phi) is 3.32. The third-order valence-corrected chi connectivity index (χ3v) is 3.49. The molecule has 0 aliphatic rings. The number of nitrogens with two attached hydrogens (primary N) is 1. The summed E-state index contributed by atoms with van der Waals surface area (Å²) in [5, 5.41) is 1.88. The molecule has 0 aromatic heterocycles. The van der Waals surface area contributed by atoms with Crippen LogP contribution in [-0.4, -0.2) is 12.9 Å². The van der Waals surface area contributed by atoms with Gasteiger partial charge in [-0.3, -0.25) is 4.79 Å². The van der Waals surface area contributed by atoms with Crippen molar-refractivity contribution in [2.75, 3.05) is 12.8 Å². The molecule has 3 aromatic carbocycles. The van der Waals surface area contributed by atoms with Crippen LogP contribution in [0.2, 0.25) is 0 Å². The second-order valence-corrected chi connectivity index (χ2v) is 4.82. The van der Waals surface area contributed by atoms with E-state index in [0.717, 1.165) is 10.8 Å². The highest BCUT2D eigenvalue weighted by Gasteiger charge is 2.18. The Morgan fingerprint density at radius 3 is 2.57 bits per heavy atom. The van der Waals surface area contributed by atoms with E-state index in [1.165, 1.54) is 0 Å². The first-order valence-electron chi connectivity index (χ1n) is 6.66. The van der Waals surface area contributed by atoms with E-state index in [2.05, 4.69) is 0 Å². The van der Waals surface area contributed by atoms with Gasteiger partial charge in [-0.25, -0.2) is 0 Å². The highest BCUT2D eigenvalue weighted by molar-refractivity contribution is 6.18.